The van der Waals surface area contributed by atoms with Crippen molar-refractivity contribution in [3.05, 3.63) is 42.0 Å². The van der Waals surface area contributed by atoms with Gasteiger partial charge in [-0.2, -0.15) is 5.10 Å². The number of aromatic hydroxyl groups is 1. The molecule has 2 rings (SSSR count). The molecule has 6 nitrogen and oxygen atoms in total. The highest BCUT2D eigenvalue weighted by Gasteiger charge is 2.27. The molecule has 124 valence electrons. The van der Waals surface area contributed by atoms with Gasteiger partial charge >= 0.3 is 0 Å². The SMILES string of the molecule is CC(C)C(C)(O)CNC(=O)c1nn(-c2ccccc2F)cc1O. The summed E-state index contributed by atoms with van der Waals surface area (Å²) in [5.74, 6) is -1.59. The van der Waals surface area contributed by atoms with Crippen LogP contribution in [0.25, 0.3) is 5.69 Å². The summed E-state index contributed by atoms with van der Waals surface area (Å²) in [5.41, 5.74) is -1.19. The van der Waals surface area contributed by atoms with Crippen LogP contribution >= 0.6 is 0 Å². The van der Waals surface area contributed by atoms with Crippen LogP contribution in [-0.2, 0) is 0 Å². The predicted octanol–water partition coefficient (Wildman–Crippen LogP) is 1.85. The molecular formula is C16H20FN3O3. The lowest BCUT2D eigenvalue weighted by molar-refractivity contribution is 0.0141. The number of benzene rings is 1. The summed E-state index contributed by atoms with van der Waals surface area (Å²) in [6.07, 6.45) is 1.16. The summed E-state index contributed by atoms with van der Waals surface area (Å²) in [5, 5.41) is 26.4. The van der Waals surface area contributed by atoms with E-state index in [2.05, 4.69) is 10.4 Å². The maximum Gasteiger partial charge on any atom is 0.275 e. The molecule has 0 aliphatic carbocycles. The van der Waals surface area contributed by atoms with Gasteiger partial charge < -0.3 is 15.5 Å². The topological polar surface area (TPSA) is 87.4 Å². The molecule has 1 aromatic carbocycles. The van der Waals surface area contributed by atoms with Crippen molar-refractivity contribution < 1.29 is 19.4 Å². The van der Waals surface area contributed by atoms with E-state index in [0.717, 1.165) is 10.9 Å². The van der Waals surface area contributed by atoms with E-state index in [9.17, 15) is 19.4 Å². The first-order valence-corrected chi connectivity index (χ1v) is 7.26. The predicted molar refractivity (Wildman–Crippen MR) is 83.0 cm³/mol. The molecule has 0 fully saturated rings. The number of carbonyl (C=O) groups is 1. The second kappa shape index (κ2) is 6.37. The highest BCUT2D eigenvalue weighted by molar-refractivity contribution is 5.94. The Hall–Kier alpha value is -2.41. The minimum Gasteiger partial charge on any atom is -0.504 e. The zero-order valence-electron chi connectivity index (χ0n) is 13.2. The molecule has 1 amide bonds. The Morgan fingerprint density at radius 1 is 1.43 bits per heavy atom. The molecule has 2 aromatic rings. The van der Waals surface area contributed by atoms with E-state index in [1.165, 1.54) is 18.2 Å². The standard InChI is InChI=1S/C16H20FN3O3/c1-10(2)16(3,23)9-18-15(22)14-13(21)8-20(19-14)12-7-5-4-6-11(12)17/h4-8,10,21,23H,9H2,1-3H3,(H,18,22). The fraction of sp³-hybridized carbons (Fsp3) is 0.375. The number of halogens is 1. The molecule has 0 spiro atoms. The average molecular weight is 321 g/mol. The van der Waals surface area contributed by atoms with Gasteiger partial charge in [-0.25, -0.2) is 9.07 Å². The van der Waals surface area contributed by atoms with Crippen LogP contribution < -0.4 is 5.32 Å². The van der Waals surface area contributed by atoms with Crippen molar-refractivity contribution in [2.24, 2.45) is 5.92 Å². The molecule has 0 saturated heterocycles. The molecule has 1 unspecified atom stereocenters. The molecule has 0 radical (unpaired) electrons. The number of rotatable bonds is 5. The Morgan fingerprint density at radius 2 is 2.09 bits per heavy atom. The maximum atomic E-state index is 13.7. The van der Waals surface area contributed by atoms with Crippen molar-refractivity contribution in [1.29, 1.82) is 0 Å². The number of aliphatic hydroxyl groups is 1. The van der Waals surface area contributed by atoms with Gasteiger partial charge in [-0.3, -0.25) is 4.79 Å². The molecule has 0 bridgehead atoms. The Morgan fingerprint density at radius 3 is 2.70 bits per heavy atom. The number of hydrogen-bond donors (Lipinski definition) is 3. The Kier molecular flexibility index (Phi) is 4.70. The highest BCUT2D eigenvalue weighted by atomic mass is 19.1. The first-order valence-electron chi connectivity index (χ1n) is 7.26. The fourth-order valence-corrected chi connectivity index (χ4v) is 1.83. The number of carbonyl (C=O) groups excluding carboxylic acids is 1. The number of amides is 1. The second-order valence-electron chi connectivity index (χ2n) is 5.95. The summed E-state index contributed by atoms with van der Waals surface area (Å²) in [4.78, 5) is 12.1. The molecule has 1 heterocycles. The Balaban J connectivity index is 2.18. The van der Waals surface area contributed by atoms with Crippen molar-refractivity contribution in [3.8, 4) is 11.4 Å². The van der Waals surface area contributed by atoms with E-state index >= 15 is 0 Å². The third-order valence-corrected chi connectivity index (χ3v) is 3.86. The summed E-state index contributed by atoms with van der Waals surface area (Å²) < 4.78 is 14.8. The summed E-state index contributed by atoms with van der Waals surface area (Å²) in [7, 11) is 0. The number of aromatic nitrogens is 2. The lowest BCUT2D eigenvalue weighted by Gasteiger charge is -2.27. The Bertz CT molecular complexity index is 710. The van der Waals surface area contributed by atoms with E-state index in [1.54, 1.807) is 13.0 Å². The van der Waals surface area contributed by atoms with Crippen LogP contribution in [0.1, 0.15) is 31.3 Å². The van der Waals surface area contributed by atoms with Crippen LogP contribution in [0.15, 0.2) is 30.5 Å². The second-order valence-corrected chi connectivity index (χ2v) is 5.95. The van der Waals surface area contributed by atoms with Crippen LogP contribution in [0.4, 0.5) is 4.39 Å². The van der Waals surface area contributed by atoms with E-state index < -0.39 is 17.3 Å². The van der Waals surface area contributed by atoms with Crippen molar-refractivity contribution in [3.63, 3.8) is 0 Å². The van der Waals surface area contributed by atoms with Gasteiger partial charge in [0.05, 0.1) is 11.8 Å². The molecule has 0 saturated carbocycles. The summed E-state index contributed by atoms with van der Waals surface area (Å²) >= 11 is 0. The minimum atomic E-state index is -1.08. The van der Waals surface area contributed by atoms with Gasteiger partial charge in [0, 0.05) is 6.54 Å². The van der Waals surface area contributed by atoms with Crippen molar-refractivity contribution in [1.82, 2.24) is 15.1 Å². The van der Waals surface area contributed by atoms with Gasteiger partial charge in [-0.05, 0) is 25.0 Å². The van der Waals surface area contributed by atoms with Crippen molar-refractivity contribution >= 4 is 5.91 Å². The van der Waals surface area contributed by atoms with Crippen LogP contribution in [0, 0.1) is 11.7 Å². The molecule has 0 aliphatic heterocycles. The van der Waals surface area contributed by atoms with Gasteiger partial charge in [0.2, 0.25) is 0 Å². The first kappa shape index (κ1) is 17.0. The van der Waals surface area contributed by atoms with Gasteiger partial charge in [0.25, 0.3) is 5.91 Å². The lowest BCUT2D eigenvalue weighted by atomic mass is 9.92. The third-order valence-electron chi connectivity index (χ3n) is 3.86. The monoisotopic (exact) mass is 321 g/mol. The molecule has 7 heteroatoms. The molecule has 1 atom stereocenters. The summed E-state index contributed by atoms with van der Waals surface area (Å²) in [6, 6.07) is 5.89. The van der Waals surface area contributed by atoms with E-state index in [0.29, 0.717) is 0 Å². The molecule has 3 N–H and O–H groups in total. The van der Waals surface area contributed by atoms with E-state index in [1.807, 2.05) is 13.8 Å². The number of hydrogen-bond acceptors (Lipinski definition) is 4. The zero-order valence-corrected chi connectivity index (χ0v) is 13.2. The number of nitrogens with zero attached hydrogens (tertiary/aromatic N) is 2. The van der Waals surface area contributed by atoms with Gasteiger partial charge in [-0.15, -0.1) is 0 Å². The van der Waals surface area contributed by atoms with E-state index in [-0.39, 0.29) is 29.6 Å². The molecule has 1 aromatic heterocycles. The maximum absolute atomic E-state index is 13.7. The normalized spacial score (nSPS) is 13.8. The van der Waals surface area contributed by atoms with Gasteiger partial charge in [0.1, 0.15) is 11.5 Å². The first-order chi connectivity index (χ1) is 10.7. The van der Waals surface area contributed by atoms with Crippen LogP contribution in [0.3, 0.4) is 0 Å². The van der Waals surface area contributed by atoms with Crippen LogP contribution in [0.5, 0.6) is 5.75 Å². The highest BCUT2D eigenvalue weighted by Crippen LogP contribution is 2.20. The third kappa shape index (κ3) is 3.68. The quantitative estimate of drug-likeness (QED) is 0.784. The smallest absolute Gasteiger partial charge is 0.275 e. The summed E-state index contributed by atoms with van der Waals surface area (Å²) in [6.45, 7) is 5.28. The Labute approximate surface area is 133 Å². The molecular weight excluding hydrogens is 301 g/mol. The average Bonchev–Trinajstić information content (AvgIpc) is 2.87. The number of nitrogens with one attached hydrogen (secondary N) is 1. The minimum absolute atomic E-state index is 0.00942. The largest absolute Gasteiger partial charge is 0.504 e. The number of para-hydroxylation sites is 1. The lowest BCUT2D eigenvalue weighted by Crippen LogP contribution is -2.44. The van der Waals surface area contributed by atoms with Crippen LogP contribution in [-0.4, -0.2) is 38.0 Å². The molecule has 0 aliphatic rings. The zero-order chi connectivity index (χ0) is 17.2. The van der Waals surface area contributed by atoms with Gasteiger partial charge in [-0.1, -0.05) is 26.0 Å². The van der Waals surface area contributed by atoms with Crippen molar-refractivity contribution in [2.45, 2.75) is 26.4 Å². The fourth-order valence-electron chi connectivity index (χ4n) is 1.83. The van der Waals surface area contributed by atoms with E-state index in [4.69, 9.17) is 0 Å². The van der Waals surface area contributed by atoms with Crippen LogP contribution in [0.2, 0.25) is 0 Å². The van der Waals surface area contributed by atoms with Gasteiger partial charge in [0.15, 0.2) is 11.4 Å². The molecule has 23 heavy (non-hydrogen) atoms. The van der Waals surface area contributed by atoms with Crippen molar-refractivity contribution in [2.75, 3.05) is 6.54 Å².